The highest BCUT2D eigenvalue weighted by Gasteiger charge is 2.09. The van der Waals surface area contributed by atoms with E-state index in [0.717, 1.165) is 11.5 Å². The molecule has 0 aliphatic rings. The van der Waals surface area contributed by atoms with Crippen molar-refractivity contribution >= 4 is 16.8 Å². The second-order valence-corrected chi connectivity index (χ2v) is 7.03. The lowest BCUT2D eigenvalue weighted by Crippen LogP contribution is -2.45. The molecule has 0 fully saturated rings. The maximum absolute atomic E-state index is 12.0. The SMILES string of the molecule is CN=C(NCCS(=O)Cc1ccccc1)NC(C)C(C)C. The third-order valence-electron chi connectivity index (χ3n) is 3.38. The summed E-state index contributed by atoms with van der Waals surface area (Å²) in [5.41, 5.74) is 1.12. The molecule has 0 heterocycles. The fraction of sp³-hybridized carbons (Fsp3) is 0.562. The highest BCUT2D eigenvalue weighted by Crippen LogP contribution is 2.02. The van der Waals surface area contributed by atoms with Gasteiger partial charge in [0.05, 0.1) is 0 Å². The van der Waals surface area contributed by atoms with E-state index in [0.29, 0.717) is 30.0 Å². The Bertz CT molecular complexity index is 460. The average molecular weight is 309 g/mol. The third-order valence-corrected chi connectivity index (χ3v) is 4.70. The Hall–Kier alpha value is -1.36. The van der Waals surface area contributed by atoms with Gasteiger partial charge in [-0.2, -0.15) is 0 Å². The Kier molecular flexibility index (Phi) is 8.05. The molecule has 0 aromatic heterocycles. The van der Waals surface area contributed by atoms with E-state index in [2.05, 4.69) is 36.4 Å². The highest BCUT2D eigenvalue weighted by molar-refractivity contribution is 7.84. The van der Waals surface area contributed by atoms with Gasteiger partial charge in [0.2, 0.25) is 0 Å². The van der Waals surface area contributed by atoms with E-state index in [1.807, 2.05) is 30.3 Å². The number of nitrogens with zero attached hydrogens (tertiary/aromatic N) is 1. The molecule has 21 heavy (non-hydrogen) atoms. The van der Waals surface area contributed by atoms with Gasteiger partial charge >= 0.3 is 0 Å². The lowest BCUT2D eigenvalue weighted by Gasteiger charge is -2.20. The van der Waals surface area contributed by atoms with Crippen LogP contribution in [0.3, 0.4) is 0 Å². The van der Waals surface area contributed by atoms with Gasteiger partial charge < -0.3 is 10.6 Å². The van der Waals surface area contributed by atoms with Crippen LogP contribution in [0, 0.1) is 5.92 Å². The van der Waals surface area contributed by atoms with E-state index in [4.69, 9.17) is 0 Å². The molecule has 1 rings (SSSR count). The normalized spacial score (nSPS) is 14.8. The summed E-state index contributed by atoms with van der Waals surface area (Å²) in [7, 11) is 0.897. The third kappa shape index (κ3) is 7.27. The van der Waals surface area contributed by atoms with E-state index in [9.17, 15) is 4.21 Å². The van der Waals surface area contributed by atoms with Crippen LogP contribution in [0.4, 0.5) is 0 Å². The quantitative estimate of drug-likeness (QED) is 0.599. The van der Waals surface area contributed by atoms with Gasteiger partial charge in [-0.1, -0.05) is 44.2 Å². The first-order valence-electron chi connectivity index (χ1n) is 7.39. The molecule has 0 spiro atoms. The van der Waals surface area contributed by atoms with E-state index in [1.165, 1.54) is 0 Å². The summed E-state index contributed by atoms with van der Waals surface area (Å²) in [6, 6.07) is 10.3. The second-order valence-electron chi connectivity index (χ2n) is 5.45. The lowest BCUT2D eigenvalue weighted by atomic mass is 10.1. The van der Waals surface area contributed by atoms with Crippen molar-refractivity contribution in [1.82, 2.24) is 10.6 Å². The predicted molar refractivity (Wildman–Crippen MR) is 92.0 cm³/mol. The number of guanidine groups is 1. The van der Waals surface area contributed by atoms with Gasteiger partial charge in [0, 0.05) is 41.9 Å². The Labute approximate surface area is 130 Å². The minimum atomic E-state index is -0.856. The fourth-order valence-electron chi connectivity index (χ4n) is 1.69. The standard InChI is InChI=1S/C16H27N3OS/c1-13(2)14(3)19-16(17-4)18-10-11-21(20)12-15-8-6-5-7-9-15/h5-9,13-14H,10-12H2,1-4H3,(H2,17,18,19). The molecule has 2 unspecified atom stereocenters. The smallest absolute Gasteiger partial charge is 0.191 e. The van der Waals surface area contributed by atoms with Crippen molar-refractivity contribution in [3.8, 4) is 0 Å². The largest absolute Gasteiger partial charge is 0.355 e. The summed E-state index contributed by atoms with van der Waals surface area (Å²) in [6.07, 6.45) is 0. The van der Waals surface area contributed by atoms with Crippen LogP contribution in [0.15, 0.2) is 35.3 Å². The molecule has 0 bridgehead atoms. The molecule has 2 N–H and O–H groups in total. The van der Waals surface area contributed by atoms with Crippen LogP contribution in [0.25, 0.3) is 0 Å². The monoisotopic (exact) mass is 309 g/mol. The minimum absolute atomic E-state index is 0.353. The zero-order valence-corrected chi connectivity index (χ0v) is 14.2. The van der Waals surface area contributed by atoms with Gasteiger partial charge in [0.1, 0.15) is 0 Å². The molecule has 0 saturated carbocycles. The van der Waals surface area contributed by atoms with Crippen molar-refractivity contribution in [3.63, 3.8) is 0 Å². The molecule has 0 aliphatic carbocycles. The average Bonchev–Trinajstić information content (AvgIpc) is 2.46. The maximum atomic E-state index is 12.0. The topological polar surface area (TPSA) is 53.5 Å². The zero-order valence-electron chi connectivity index (χ0n) is 13.4. The van der Waals surface area contributed by atoms with Crippen LogP contribution >= 0.6 is 0 Å². The maximum Gasteiger partial charge on any atom is 0.191 e. The lowest BCUT2D eigenvalue weighted by molar-refractivity contribution is 0.481. The van der Waals surface area contributed by atoms with E-state index in [-0.39, 0.29) is 0 Å². The number of rotatable bonds is 7. The van der Waals surface area contributed by atoms with Gasteiger partial charge in [-0.3, -0.25) is 9.20 Å². The van der Waals surface area contributed by atoms with Crippen molar-refractivity contribution in [3.05, 3.63) is 35.9 Å². The van der Waals surface area contributed by atoms with Crippen molar-refractivity contribution in [1.29, 1.82) is 0 Å². The number of hydrogen-bond donors (Lipinski definition) is 2. The summed E-state index contributed by atoms with van der Waals surface area (Å²) in [4.78, 5) is 4.19. The van der Waals surface area contributed by atoms with Crippen LogP contribution in [0.5, 0.6) is 0 Å². The molecular formula is C16H27N3OS. The van der Waals surface area contributed by atoms with Gasteiger partial charge in [0.25, 0.3) is 0 Å². The van der Waals surface area contributed by atoms with Crippen LogP contribution in [-0.2, 0) is 16.6 Å². The van der Waals surface area contributed by atoms with Crippen molar-refractivity contribution in [2.24, 2.45) is 10.9 Å². The van der Waals surface area contributed by atoms with Crippen LogP contribution in [0.2, 0.25) is 0 Å². The van der Waals surface area contributed by atoms with Crippen molar-refractivity contribution < 1.29 is 4.21 Å². The first kappa shape index (κ1) is 17.7. The van der Waals surface area contributed by atoms with Crippen molar-refractivity contribution in [2.75, 3.05) is 19.3 Å². The number of aliphatic imine (C=N–C) groups is 1. The number of hydrogen-bond acceptors (Lipinski definition) is 2. The Morgan fingerprint density at radius 2 is 1.90 bits per heavy atom. The van der Waals surface area contributed by atoms with Crippen LogP contribution in [-0.4, -0.2) is 35.6 Å². The summed E-state index contributed by atoms with van der Waals surface area (Å²) in [5.74, 6) is 2.53. The molecule has 4 nitrogen and oxygen atoms in total. The van der Waals surface area contributed by atoms with Crippen LogP contribution < -0.4 is 10.6 Å². The van der Waals surface area contributed by atoms with Crippen LogP contribution in [0.1, 0.15) is 26.3 Å². The predicted octanol–water partition coefficient (Wildman–Crippen LogP) is 2.14. The molecule has 0 saturated heterocycles. The summed E-state index contributed by atoms with van der Waals surface area (Å²) >= 11 is 0. The summed E-state index contributed by atoms with van der Waals surface area (Å²) in [5, 5.41) is 6.55. The number of nitrogens with one attached hydrogen (secondary N) is 2. The molecule has 118 valence electrons. The molecule has 2 atom stereocenters. The zero-order chi connectivity index (χ0) is 15.7. The Morgan fingerprint density at radius 1 is 1.24 bits per heavy atom. The molecule has 1 aromatic carbocycles. The van der Waals surface area contributed by atoms with Gasteiger partial charge in [-0.05, 0) is 18.4 Å². The molecule has 0 amide bonds. The Balaban J connectivity index is 2.30. The summed E-state index contributed by atoms with van der Waals surface area (Å²) in [6.45, 7) is 7.12. The minimum Gasteiger partial charge on any atom is -0.355 e. The fourth-order valence-corrected chi connectivity index (χ4v) is 2.73. The molecule has 5 heteroatoms. The molecule has 0 aliphatic heterocycles. The van der Waals surface area contributed by atoms with Gasteiger partial charge in [-0.15, -0.1) is 0 Å². The number of benzene rings is 1. The molecule has 0 radical (unpaired) electrons. The van der Waals surface area contributed by atoms with Gasteiger partial charge in [-0.25, -0.2) is 0 Å². The van der Waals surface area contributed by atoms with Crippen molar-refractivity contribution in [2.45, 2.75) is 32.6 Å². The van der Waals surface area contributed by atoms with E-state index >= 15 is 0 Å². The van der Waals surface area contributed by atoms with E-state index < -0.39 is 10.8 Å². The molecule has 1 aromatic rings. The Morgan fingerprint density at radius 3 is 2.48 bits per heavy atom. The first-order chi connectivity index (χ1) is 10.0. The first-order valence-corrected chi connectivity index (χ1v) is 8.87. The highest BCUT2D eigenvalue weighted by atomic mass is 32.2. The summed E-state index contributed by atoms with van der Waals surface area (Å²) < 4.78 is 12.0. The molecular weight excluding hydrogens is 282 g/mol. The van der Waals surface area contributed by atoms with Gasteiger partial charge in [0.15, 0.2) is 5.96 Å². The second kappa shape index (κ2) is 9.55. The van der Waals surface area contributed by atoms with E-state index in [1.54, 1.807) is 7.05 Å².